The molecule has 4 aromatic rings. The molecule has 0 N–H and O–H groups in total. The van der Waals surface area contributed by atoms with Gasteiger partial charge in [-0.15, -0.1) is 0 Å². The third-order valence-corrected chi connectivity index (χ3v) is 6.20. The highest BCUT2D eigenvalue weighted by Gasteiger charge is 2.28. The lowest BCUT2D eigenvalue weighted by Crippen LogP contribution is -2.17. The highest BCUT2D eigenvalue weighted by molar-refractivity contribution is 6.05. The van der Waals surface area contributed by atoms with E-state index in [1.165, 1.54) is 16.3 Å². The van der Waals surface area contributed by atoms with Gasteiger partial charge < -0.3 is 9.47 Å². The van der Waals surface area contributed by atoms with Crippen LogP contribution in [0.25, 0.3) is 21.5 Å². The first-order chi connectivity index (χ1) is 15.2. The second-order valence-corrected chi connectivity index (χ2v) is 8.06. The lowest BCUT2D eigenvalue weighted by Gasteiger charge is -2.27. The summed E-state index contributed by atoms with van der Waals surface area (Å²) in [5.74, 6) is 2.20. The predicted molar refractivity (Wildman–Crippen MR) is 126 cm³/mol. The Morgan fingerprint density at radius 2 is 1.42 bits per heavy atom. The van der Waals surface area contributed by atoms with Gasteiger partial charge in [-0.1, -0.05) is 42.5 Å². The zero-order valence-corrected chi connectivity index (χ0v) is 18.0. The van der Waals surface area contributed by atoms with Crippen molar-refractivity contribution in [1.82, 2.24) is 0 Å². The summed E-state index contributed by atoms with van der Waals surface area (Å²) in [6.45, 7) is 5.29. The highest BCUT2D eigenvalue weighted by atomic mass is 16.5. The fourth-order valence-electron chi connectivity index (χ4n) is 4.81. The molecule has 4 aromatic carbocycles. The van der Waals surface area contributed by atoms with Crippen molar-refractivity contribution in [2.45, 2.75) is 32.6 Å². The van der Waals surface area contributed by atoms with Gasteiger partial charge in [0.05, 0.1) is 13.2 Å². The van der Waals surface area contributed by atoms with Crippen molar-refractivity contribution >= 4 is 27.3 Å². The Labute approximate surface area is 182 Å². The van der Waals surface area contributed by atoms with Crippen molar-refractivity contribution in [2.75, 3.05) is 13.2 Å². The highest BCUT2D eigenvalue weighted by Crippen LogP contribution is 2.42. The van der Waals surface area contributed by atoms with Gasteiger partial charge >= 0.3 is 0 Å². The molecule has 3 nitrogen and oxygen atoms in total. The molecule has 1 aliphatic rings. The molecule has 5 rings (SSSR count). The number of hydrogen-bond donors (Lipinski definition) is 0. The van der Waals surface area contributed by atoms with E-state index in [2.05, 4.69) is 42.5 Å². The Morgan fingerprint density at radius 3 is 2.19 bits per heavy atom. The van der Waals surface area contributed by atoms with E-state index in [-0.39, 0.29) is 11.7 Å². The number of fused-ring (bicyclic) bond motifs is 4. The minimum absolute atomic E-state index is 0.199. The largest absolute Gasteiger partial charge is 0.494 e. The quantitative estimate of drug-likeness (QED) is 0.359. The maximum atomic E-state index is 12.7. The van der Waals surface area contributed by atoms with Crippen molar-refractivity contribution < 1.29 is 14.3 Å². The van der Waals surface area contributed by atoms with E-state index in [9.17, 15) is 4.79 Å². The Bertz CT molecular complexity index is 1290. The number of hydrogen-bond acceptors (Lipinski definition) is 3. The molecule has 0 aliphatic heterocycles. The van der Waals surface area contributed by atoms with E-state index in [4.69, 9.17) is 9.47 Å². The fraction of sp³-hybridized carbons (Fsp3) is 0.250. The van der Waals surface area contributed by atoms with E-state index < -0.39 is 0 Å². The first-order valence-corrected chi connectivity index (χ1v) is 11.1. The Morgan fingerprint density at radius 1 is 0.774 bits per heavy atom. The molecule has 1 atom stereocenters. The molecule has 0 heterocycles. The van der Waals surface area contributed by atoms with Crippen LogP contribution in [0.2, 0.25) is 0 Å². The molecule has 0 radical (unpaired) electrons. The molecule has 156 valence electrons. The molecule has 3 heteroatoms. The SMILES string of the molecule is CCOc1ccc2cc(C3CCC(=O)c4ccc5cc(OCC)ccc5c43)ccc2c1. The van der Waals surface area contributed by atoms with Crippen LogP contribution < -0.4 is 9.47 Å². The van der Waals surface area contributed by atoms with Crippen LogP contribution in [-0.2, 0) is 0 Å². The van der Waals surface area contributed by atoms with Crippen LogP contribution in [0, 0.1) is 0 Å². The van der Waals surface area contributed by atoms with Gasteiger partial charge in [0.25, 0.3) is 0 Å². The Hall–Kier alpha value is -3.33. The monoisotopic (exact) mass is 410 g/mol. The summed E-state index contributed by atoms with van der Waals surface area (Å²) in [5, 5.41) is 4.62. The van der Waals surface area contributed by atoms with Gasteiger partial charge in [0.1, 0.15) is 11.5 Å². The predicted octanol–water partition coefficient (Wildman–Crippen LogP) is 6.90. The molecule has 0 saturated carbocycles. The lowest BCUT2D eigenvalue weighted by atomic mass is 9.76. The maximum absolute atomic E-state index is 12.7. The second kappa shape index (κ2) is 8.07. The number of ether oxygens (including phenoxy) is 2. The summed E-state index contributed by atoms with van der Waals surface area (Å²) in [5.41, 5.74) is 3.27. The van der Waals surface area contributed by atoms with Crippen LogP contribution in [0.1, 0.15) is 54.1 Å². The molecule has 31 heavy (non-hydrogen) atoms. The molecule has 0 aromatic heterocycles. The molecule has 0 amide bonds. The van der Waals surface area contributed by atoms with E-state index in [0.29, 0.717) is 19.6 Å². The minimum atomic E-state index is 0.199. The number of rotatable bonds is 5. The average Bonchev–Trinajstić information content (AvgIpc) is 2.79. The molecular formula is C28H26O3. The van der Waals surface area contributed by atoms with Gasteiger partial charge in [0, 0.05) is 17.9 Å². The first-order valence-electron chi connectivity index (χ1n) is 11.1. The zero-order valence-electron chi connectivity index (χ0n) is 18.0. The molecule has 0 saturated heterocycles. The number of carbonyl (C=O) groups is 1. The van der Waals surface area contributed by atoms with E-state index >= 15 is 0 Å². The topological polar surface area (TPSA) is 35.5 Å². The number of carbonyl (C=O) groups excluding carboxylic acids is 1. The van der Waals surface area contributed by atoms with Gasteiger partial charge in [-0.25, -0.2) is 0 Å². The van der Waals surface area contributed by atoms with Gasteiger partial charge in [-0.2, -0.15) is 0 Å². The molecule has 1 unspecified atom stereocenters. The smallest absolute Gasteiger partial charge is 0.163 e. The minimum Gasteiger partial charge on any atom is -0.494 e. The lowest BCUT2D eigenvalue weighted by molar-refractivity contribution is 0.0970. The van der Waals surface area contributed by atoms with Crippen molar-refractivity contribution in [2.24, 2.45) is 0 Å². The molecule has 0 bridgehead atoms. The van der Waals surface area contributed by atoms with Crippen LogP contribution in [-0.4, -0.2) is 19.0 Å². The maximum Gasteiger partial charge on any atom is 0.163 e. The Kier molecular flexibility index (Phi) is 5.11. The van der Waals surface area contributed by atoms with Crippen LogP contribution in [0.3, 0.4) is 0 Å². The van der Waals surface area contributed by atoms with Gasteiger partial charge in [0.15, 0.2) is 5.78 Å². The summed E-state index contributed by atoms with van der Waals surface area (Å²) >= 11 is 0. The standard InChI is InChI=1S/C28H26O3/c1-3-30-22-9-7-18-15-20(6-5-19(18)16-22)25-13-14-27(29)26-11-8-21-17-23(31-4-2)10-12-24(21)28(25)26/h5-12,15-17,25H,3-4,13-14H2,1-2H3. The van der Waals surface area contributed by atoms with Crippen LogP contribution in [0.15, 0.2) is 66.7 Å². The van der Waals surface area contributed by atoms with Gasteiger partial charge in [-0.3, -0.25) is 4.79 Å². The summed E-state index contributed by atoms with van der Waals surface area (Å²) in [4.78, 5) is 12.7. The first kappa shape index (κ1) is 19.6. The van der Waals surface area contributed by atoms with Crippen LogP contribution in [0.5, 0.6) is 11.5 Å². The molecule has 0 fully saturated rings. The zero-order chi connectivity index (χ0) is 21.4. The summed E-state index contributed by atoms with van der Waals surface area (Å²) in [6, 6.07) is 23.1. The van der Waals surface area contributed by atoms with Gasteiger partial charge in [0.2, 0.25) is 0 Å². The normalized spacial score (nSPS) is 15.8. The fourth-order valence-corrected chi connectivity index (χ4v) is 4.81. The molecule has 1 aliphatic carbocycles. The summed E-state index contributed by atoms with van der Waals surface area (Å²) in [6.07, 6.45) is 1.42. The van der Waals surface area contributed by atoms with Crippen molar-refractivity contribution in [1.29, 1.82) is 0 Å². The Balaban J connectivity index is 1.63. The van der Waals surface area contributed by atoms with Crippen molar-refractivity contribution in [3.8, 4) is 11.5 Å². The third kappa shape index (κ3) is 3.54. The molecular weight excluding hydrogens is 384 g/mol. The van der Waals surface area contributed by atoms with E-state index in [0.717, 1.165) is 39.8 Å². The summed E-state index contributed by atoms with van der Waals surface area (Å²) < 4.78 is 11.3. The molecule has 0 spiro atoms. The van der Waals surface area contributed by atoms with Gasteiger partial charge in [-0.05, 0) is 77.2 Å². The van der Waals surface area contributed by atoms with E-state index in [1.54, 1.807) is 0 Å². The number of ketones is 1. The van der Waals surface area contributed by atoms with Crippen LogP contribution in [0.4, 0.5) is 0 Å². The summed E-state index contributed by atoms with van der Waals surface area (Å²) in [7, 11) is 0. The average molecular weight is 411 g/mol. The number of benzene rings is 4. The van der Waals surface area contributed by atoms with Crippen molar-refractivity contribution in [3.05, 3.63) is 83.4 Å². The van der Waals surface area contributed by atoms with Crippen LogP contribution >= 0.6 is 0 Å². The third-order valence-electron chi connectivity index (χ3n) is 6.20. The van der Waals surface area contributed by atoms with E-state index in [1.807, 2.05) is 38.1 Å². The second-order valence-electron chi connectivity index (χ2n) is 8.06. The van der Waals surface area contributed by atoms with Crippen molar-refractivity contribution in [3.63, 3.8) is 0 Å². The number of Topliss-reactive ketones (excluding diaryl/α,β-unsaturated/α-hetero) is 1.